The molecule has 0 spiro atoms. The zero-order valence-corrected chi connectivity index (χ0v) is 10.5. The van der Waals surface area contributed by atoms with Crippen LogP contribution in [0.3, 0.4) is 0 Å². The van der Waals surface area contributed by atoms with Gasteiger partial charge >= 0.3 is 0 Å². The van der Waals surface area contributed by atoms with Crippen LogP contribution in [0.2, 0.25) is 0 Å². The molecule has 94 valence electrons. The predicted octanol–water partition coefficient (Wildman–Crippen LogP) is 2.17. The average molecular weight is 244 g/mol. The molecule has 2 aromatic rings. The number of ether oxygens (including phenoxy) is 1. The molecule has 1 aromatic heterocycles. The molecule has 2 heterocycles. The molecule has 1 aliphatic heterocycles. The van der Waals surface area contributed by atoms with Crippen molar-refractivity contribution in [2.24, 2.45) is 0 Å². The molecule has 2 unspecified atom stereocenters. The van der Waals surface area contributed by atoms with E-state index in [0.717, 1.165) is 22.7 Å². The molecule has 0 bridgehead atoms. The largest absolute Gasteiger partial charge is 0.491 e. The van der Waals surface area contributed by atoms with E-state index in [-0.39, 0.29) is 6.04 Å². The lowest BCUT2D eigenvalue weighted by Gasteiger charge is -2.31. The number of para-hydroxylation sites is 1. The SMILES string of the molecule is Cc1cc(C)n(C2COc3ccccc3C2O)n1. The molecule has 2 atom stereocenters. The van der Waals surface area contributed by atoms with Gasteiger partial charge in [0.2, 0.25) is 0 Å². The first-order valence-electron chi connectivity index (χ1n) is 6.09. The number of aryl methyl sites for hydroxylation is 2. The zero-order chi connectivity index (χ0) is 12.7. The fourth-order valence-electron chi connectivity index (χ4n) is 2.52. The smallest absolute Gasteiger partial charge is 0.125 e. The minimum absolute atomic E-state index is 0.159. The third-order valence-electron chi connectivity index (χ3n) is 3.37. The van der Waals surface area contributed by atoms with E-state index in [2.05, 4.69) is 5.10 Å². The molecule has 0 fully saturated rings. The van der Waals surface area contributed by atoms with Crippen LogP contribution < -0.4 is 4.74 Å². The number of hydrogen-bond acceptors (Lipinski definition) is 3. The van der Waals surface area contributed by atoms with Gasteiger partial charge in [0.05, 0.1) is 5.69 Å². The van der Waals surface area contributed by atoms with Crippen LogP contribution in [0.1, 0.15) is 29.1 Å². The molecule has 0 aliphatic carbocycles. The second-order valence-electron chi connectivity index (χ2n) is 4.73. The van der Waals surface area contributed by atoms with E-state index in [1.165, 1.54) is 0 Å². The first-order chi connectivity index (χ1) is 8.66. The van der Waals surface area contributed by atoms with Gasteiger partial charge in [-0.05, 0) is 26.0 Å². The average Bonchev–Trinajstić information content (AvgIpc) is 2.69. The van der Waals surface area contributed by atoms with Crippen LogP contribution in [0.4, 0.5) is 0 Å². The van der Waals surface area contributed by atoms with Crippen molar-refractivity contribution in [1.29, 1.82) is 0 Å². The molecule has 18 heavy (non-hydrogen) atoms. The second-order valence-corrected chi connectivity index (χ2v) is 4.73. The Kier molecular flexibility index (Phi) is 2.59. The van der Waals surface area contributed by atoms with Crippen LogP contribution >= 0.6 is 0 Å². The Morgan fingerprint density at radius 2 is 2.11 bits per heavy atom. The molecule has 4 nitrogen and oxygen atoms in total. The van der Waals surface area contributed by atoms with E-state index in [1.54, 1.807) is 0 Å². The van der Waals surface area contributed by atoms with Gasteiger partial charge in [0, 0.05) is 11.3 Å². The highest BCUT2D eigenvalue weighted by atomic mass is 16.5. The minimum Gasteiger partial charge on any atom is -0.491 e. The van der Waals surface area contributed by atoms with Gasteiger partial charge in [0.15, 0.2) is 0 Å². The molecule has 0 amide bonds. The number of rotatable bonds is 1. The van der Waals surface area contributed by atoms with Crippen molar-refractivity contribution in [2.75, 3.05) is 6.61 Å². The molecule has 0 radical (unpaired) electrons. The molecule has 4 heteroatoms. The van der Waals surface area contributed by atoms with Gasteiger partial charge in [-0.15, -0.1) is 0 Å². The monoisotopic (exact) mass is 244 g/mol. The quantitative estimate of drug-likeness (QED) is 0.836. The molecular formula is C14H16N2O2. The van der Waals surface area contributed by atoms with E-state index in [1.807, 2.05) is 48.9 Å². The van der Waals surface area contributed by atoms with Crippen molar-refractivity contribution < 1.29 is 9.84 Å². The van der Waals surface area contributed by atoms with Gasteiger partial charge in [-0.1, -0.05) is 18.2 Å². The van der Waals surface area contributed by atoms with Crippen LogP contribution in [-0.2, 0) is 0 Å². The Hall–Kier alpha value is -1.81. The van der Waals surface area contributed by atoms with E-state index in [4.69, 9.17) is 4.74 Å². The summed E-state index contributed by atoms with van der Waals surface area (Å²) in [6, 6.07) is 9.46. The topological polar surface area (TPSA) is 47.3 Å². The summed E-state index contributed by atoms with van der Waals surface area (Å²) in [5.74, 6) is 0.766. The molecular weight excluding hydrogens is 228 g/mol. The maximum absolute atomic E-state index is 10.5. The number of nitrogens with zero attached hydrogens (tertiary/aromatic N) is 2. The number of aromatic nitrogens is 2. The summed E-state index contributed by atoms with van der Waals surface area (Å²) < 4.78 is 7.56. The molecule has 3 rings (SSSR count). The van der Waals surface area contributed by atoms with Gasteiger partial charge < -0.3 is 9.84 Å². The Morgan fingerprint density at radius 3 is 2.83 bits per heavy atom. The van der Waals surface area contributed by atoms with Gasteiger partial charge in [-0.2, -0.15) is 5.10 Å². The minimum atomic E-state index is -0.576. The van der Waals surface area contributed by atoms with Crippen LogP contribution in [-0.4, -0.2) is 21.5 Å². The maximum atomic E-state index is 10.5. The molecule has 0 saturated heterocycles. The lowest BCUT2D eigenvalue weighted by atomic mass is 9.99. The van der Waals surface area contributed by atoms with Crippen molar-refractivity contribution >= 4 is 0 Å². The van der Waals surface area contributed by atoms with Crippen molar-refractivity contribution in [1.82, 2.24) is 9.78 Å². The van der Waals surface area contributed by atoms with Crippen molar-refractivity contribution in [3.8, 4) is 5.75 Å². The number of fused-ring (bicyclic) bond motifs is 1. The molecule has 1 aliphatic rings. The van der Waals surface area contributed by atoms with E-state index in [0.29, 0.717) is 6.61 Å². The Morgan fingerprint density at radius 1 is 1.33 bits per heavy atom. The summed E-state index contributed by atoms with van der Waals surface area (Å²) in [6.45, 7) is 4.39. The number of hydrogen-bond donors (Lipinski definition) is 1. The summed E-state index contributed by atoms with van der Waals surface area (Å²) in [4.78, 5) is 0. The van der Waals surface area contributed by atoms with Crippen LogP contribution in [0.15, 0.2) is 30.3 Å². The summed E-state index contributed by atoms with van der Waals surface area (Å²) in [5.41, 5.74) is 2.83. The summed E-state index contributed by atoms with van der Waals surface area (Å²) in [7, 11) is 0. The highest BCUT2D eigenvalue weighted by Crippen LogP contribution is 2.37. The first kappa shape index (κ1) is 11.3. The normalized spacial score (nSPS) is 22.4. The Balaban J connectivity index is 2.00. The Labute approximate surface area is 106 Å². The van der Waals surface area contributed by atoms with E-state index >= 15 is 0 Å². The third kappa shape index (κ3) is 1.69. The van der Waals surface area contributed by atoms with Gasteiger partial charge in [0.1, 0.15) is 24.5 Å². The second kappa shape index (κ2) is 4.14. The van der Waals surface area contributed by atoms with Crippen LogP contribution in [0, 0.1) is 13.8 Å². The van der Waals surface area contributed by atoms with Crippen molar-refractivity contribution in [3.63, 3.8) is 0 Å². The highest BCUT2D eigenvalue weighted by molar-refractivity contribution is 5.37. The third-order valence-corrected chi connectivity index (χ3v) is 3.37. The van der Waals surface area contributed by atoms with Crippen LogP contribution in [0.25, 0.3) is 0 Å². The van der Waals surface area contributed by atoms with Crippen molar-refractivity contribution in [3.05, 3.63) is 47.3 Å². The predicted molar refractivity (Wildman–Crippen MR) is 67.6 cm³/mol. The maximum Gasteiger partial charge on any atom is 0.125 e. The van der Waals surface area contributed by atoms with E-state index in [9.17, 15) is 5.11 Å². The summed E-state index contributed by atoms with van der Waals surface area (Å²) >= 11 is 0. The molecule has 0 saturated carbocycles. The highest BCUT2D eigenvalue weighted by Gasteiger charge is 2.31. The molecule has 1 N–H and O–H groups in total. The number of aliphatic hydroxyl groups is 1. The lowest BCUT2D eigenvalue weighted by Crippen LogP contribution is -2.30. The number of aliphatic hydroxyl groups excluding tert-OH is 1. The van der Waals surface area contributed by atoms with Gasteiger partial charge in [-0.25, -0.2) is 0 Å². The van der Waals surface area contributed by atoms with Gasteiger partial charge in [0.25, 0.3) is 0 Å². The summed E-state index contributed by atoms with van der Waals surface area (Å²) in [6.07, 6.45) is -0.576. The number of benzene rings is 1. The van der Waals surface area contributed by atoms with E-state index < -0.39 is 6.10 Å². The van der Waals surface area contributed by atoms with Crippen LogP contribution in [0.5, 0.6) is 5.75 Å². The van der Waals surface area contributed by atoms with Gasteiger partial charge in [-0.3, -0.25) is 4.68 Å². The lowest BCUT2D eigenvalue weighted by molar-refractivity contribution is 0.0497. The van der Waals surface area contributed by atoms with Crippen molar-refractivity contribution in [2.45, 2.75) is 26.0 Å². The standard InChI is InChI=1S/C14H16N2O2/c1-9-7-10(2)16(15-9)12-8-18-13-6-4-3-5-11(13)14(12)17/h3-7,12,14,17H,8H2,1-2H3. The zero-order valence-electron chi connectivity index (χ0n) is 10.5. The Bertz CT molecular complexity index is 577. The first-order valence-corrected chi connectivity index (χ1v) is 6.09. The molecule has 1 aromatic carbocycles. The summed E-state index contributed by atoms with van der Waals surface area (Å²) in [5, 5.41) is 14.9. The fourth-order valence-corrected chi connectivity index (χ4v) is 2.52. The fraction of sp³-hybridized carbons (Fsp3) is 0.357.